The zero-order valence-corrected chi connectivity index (χ0v) is 14.5. The van der Waals surface area contributed by atoms with Gasteiger partial charge in [-0.2, -0.15) is 0 Å². The predicted octanol–water partition coefficient (Wildman–Crippen LogP) is 2.80. The first-order valence-corrected chi connectivity index (χ1v) is 8.33. The number of hydrogen-bond acceptors (Lipinski definition) is 6. The highest BCUT2D eigenvalue weighted by Gasteiger charge is 1.97. The van der Waals surface area contributed by atoms with Crippen LogP contribution in [0.2, 0.25) is 0 Å². The van der Waals surface area contributed by atoms with Crippen LogP contribution in [-0.4, -0.2) is 52.2 Å². The van der Waals surface area contributed by atoms with Crippen LogP contribution in [0.25, 0.3) is 0 Å². The summed E-state index contributed by atoms with van der Waals surface area (Å²) in [7, 11) is 0. The van der Waals surface area contributed by atoms with Crippen LogP contribution >= 0.6 is 0 Å². The Balaban J connectivity index is 1.42. The normalized spacial score (nSPS) is 10.3. The summed E-state index contributed by atoms with van der Waals surface area (Å²) in [5.74, 6) is 1.41. The average molecular weight is 358 g/mol. The molecule has 0 heterocycles. The molecule has 0 aromatic heterocycles. The summed E-state index contributed by atoms with van der Waals surface area (Å²) in [6.07, 6.45) is 1.59. The van der Waals surface area contributed by atoms with E-state index in [1.165, 1.54) is 0 Å². The van der Waals surface area contributed by atoms with Crippen LogP contribution in [0.3, 0.4) is 0 Å². The van der Waals surface area contributed by atoms with E-state index in [-0.39, 0.29) is 0 Å². The molecular weight excluding hydrogens is 336 g/mol. The lowest BCUT2D eigenvalue weighted by atomic mass is 10.2. The van der Waals surface area contributed by atoms with Crippen molar-refractivity contribution in [2.45, 2.75) is 0 Å². The van der Waals surface area contributed by atoms with Crippen molar-refractivity contribution in [1.82, 2.24) is 0 Å². The molecule has 0 aliphatic heterocycles. The van der Waals surface area contributed by atoms with Crippen molar-refractivity contribution in [2.24, 2.45) is 0 Å². The fourth-order valence-electron chi connectivity index (χ4n) is 2.04. The van der Waals surface area contributed by atoms with E-state index in [9.17, 15) is 9.59 Å². The number of ether oxygens (including phenoxy) is 4. The Kier molecular flexibility index (Phi) is 8.89. The van der Waals surface area contributed by atoms with E-state index in [2.05, 4.69) is 0 Å². The van der Waals surface area contributed by atoms with Gasteiger partial charge >= 0.3 is 0 Å². The number of carbonyl (C=O) groups excluding carboxylic acids is 2. The van der Waals surface area contributed by atoms with Crippen LogP contribution in [0.15, 0.2) is 48.5 Å². The number of aldehydes is 2. The van der Waals surface area contributed by atoms with E-state index >= 15 is 0 Å². The van der Waals surface area contributed by atoms with Crippen molar-refractivity contribution in [1.29, 1.82) is 0 Å². The minimum Gasteiger partial charge on any atom is -0.491 e. The van der Waals surface area contributed by atoms with E-state index in [1.807, 2.05) is 0 Å². The fourth-order valence-corrected chi connectivity index (χ4v) is 2.04. The molecule has 2 aromatic carbocycles. The maximum Gasteiger partial charge on any atom is 0.150 e. The van der Waals surface area contributed by atoms with Gasteiger partial charge in [-0.15, -0.1) is 0 Å². The second kappa shape index (κ2) is 11.8. The largest absolute Gasteiger partial charge is 0.491 e. The molecule has 0 atom stereocenters. The first kappa shape index (κ1) is 19.6. The maximum atomic E-state index is 10.5. The summed E-state index contributed by atoms with van der Waals surface area (Å²) >= 11 is 0. The lowest BCUT2D eigenvalue weighted by Crippen LogP contribution is -2.13. The molecule has 0 N–H and O–H groups in total. The molecule has 26 heavy (non-hydrogen) atoms. The number of rotatable bonds is 13. The summed E-state index contributed by atoms with van der Waals surface area (Å²) in [4.78, 5) is 21.1. The van der Waals surface area contributed by atoms with E-state index in [1.54, 1.807) is 48.5 Å². The van der Waals surface area contributed by atoms with Crippen LogP contribution in [0.4, 0.5) is 0 Å². The highest BCUT2D eigenvalue weighted by atomic mass is 16.6. The molecule has 0 fully saturated rings. The third-order valence-corrected chi connectivity index (χ3v) is 3.40. The molecule has 6 heteroatoms. The Labute approximate surface area is 152 Å². The van der Waals surface area contributed by atoms with E-state index in [0.29, 0.717) is 62.3 Å². The minimum atomic E-state index is 0.431. The van der Waals surface area contributed by atoms with Gasteiger partial charge < -0.3 is 18.9 Å². The van der Waals surface area contributed by atoms with Crippen molar-refractivity contribution in [3.05, 3.63) is 59.7 Å². The summed E-state index contributed by atoms with van der Waals surface area (Å²) in [6.45, 7) is 2.72. The molecule has 2 aromatic rings. The number of hydrogen-bond donors (Lipinski definition) is 0. The summed E-state index contributed by atoms with van der Waals surface area (Å²) in [5.41, 5.74) is 1.24. The molecule has 0 aliphatic carbocycles. The smallest absolute Gasteiger partial charge is 0.150 e. The van der Waals surface area contributed by atoms with Crippen LogP contribution < -0.4 is 9.47 Å². The molecule has 138 valence electrons. The van der Waals surface area contributed by atoms with Gasteiger partial charge in [0.25, 0.3) is 0 Å². The van der Waals surface area contributed by atoms with Gasteiger partial charge in [0.05, 0.1) is 26.4 Å². The zero-order chi connectivity index (χ0) is 18.5. The Morgan fingerprint density at radius 1 is 0.538 bits per heavy atom. The average Bonchev–Trinajstić information content (AvgIpc) is 2.70. The topological polar surface area (TPSA) is 71.1 Å². The monoisotopic (exact) mass is 358 g/mol. The van der Waals surface area contributed by atoms with Crippen LogP contribution in [0, 0.1) is 0 Å². The van der Waals surface area contributed by atoms with Crippen molar-refractivity contribution in [3.63, 3.8) is 0 Å². The number of carbonyl (C=O) groups is 2. The first-order valence-electron chi connectivity index (χ1n) is 8.33. The van der Waals surface area contributed by atoms with Crippen molar-refractivity contribution >= 4 is 12.6 Å². The standard InChI is InChI=1S/C20H22O6/c21-15-17-1-5-19(6-2-17)25-13-11-23-9-10-24-12-14-26-20-7-3-18(16-22)4-8-20/h1-8,15-16H,9-14H2. The molecule has 0 aliphatic rings. The molecule has 0 saturated carbocycles. The summed E-state index contributed by atoms with van der Waals surface area (Å²) in [6, 6.07) is 13.8. The Hall–Kier alpha value is -2.70. The molecule has 2 rings (SSSR count). The third kappa shape index (κ3) is 7.46. The highest BCUT2D eigenvalue weighted by molar-refractivity contribution is 5.75. The Bertz CT molecular complexity index is 592. The van der Waals surface area contributed by atoms with E-state index in [0.717, 1.165) is 12.6 Å². The molecule has 6 nitrogen and oxygen atoms in total. The van der Waals surface area contributed by atoms with Crippen molar-refractivity contribution < 1.29 is 28.5 Å². The van der Waals surface area contributed by atoms with Gasteiger partial charge in [-0.05, 0) is 48.5 Å². The maximum absolute atomic E-state index is 10.5. The van der Waals surface area contributed by atoms with Crippen LogP contribution in [-0.2, 0) is 9.47 Å². The second-order valence-electron chi connectivity index (χ2n) is 5.30. The highest BCUT2D eigenvalue weighted by Crippen LogP contribution is 2.11. The summed E-state index contributed by atoms with van der Waals surface area (Å²) in [5, 5.41) is 0. The summed E-state index contributed by atoms with van der Waals surface area (Å²) < 4.78 is 21.8. The fraction of sp³-hybridized carbons (Fsp3) is 0.300. The van der Waals surface area contributed by atoms with Gasteiger partial charge in [0.2, 0.25) is 0 Å². The Morgan fingerprint density at radius 3 is 1.23 bits per heavy atom. The van der Waals surface area contributed by atoms with Crippen molar-refractivity contribution in [3.8, 4) is 11.5 Å². The van der Waals surface area contributed by atoms with E-state index in [4.69, 9.17) is 18.9 Å². The second-order valence-corrected chi connectivity index (χ2v) is 5.30. The van der Waals surface area contributed by atoms with Gasteiger partial charge in [-0.3, -0.25) is 9.59 Å². The molecule has 0 saturated heterocycles. The zero-order valence-electron chi connectivity index (χ0n) is 14.5. The molecule has 0 radical (unpaired) electrons. The quantitative estimate of drug-likeness (QED) is 0.405. The van der Waals surface area contributed by atoms with Crippen LogP contribution in [0.1, 0.15) is 20.7 Å². The molecule has 0 unspecified atom stereocenters. The first-order chi connectivity index (χ1) is 12.8. The van der Waals surface area contributed by atoms with E-state index < -0.39 is 0 Å². The van der Waals surface area contributed by atoms with Gasteiger partial charge in [0.1, 0.15) is 37.3 Å². The van der Waals surface area contributed by atoms with Gasteiger partial charge in [-0.1, -0.05) is 0 Å². The van der Waals surface area contributed by atoms with Gasteiger partial charge in [-0.25, -0.2) is 0 Å². The van der Waals surface area contributed by atoms with Crippen LogP contribution in [0.5, 0.6) is 11.5 Å². The SMILES string of the molecule is O=Cc1ccc(OCCOCCOCCOc2ccc(C=O)cc2)cc1. The lowest BCUT2D eigenvalue weighted by Gasteiger charge is -2.09. The predicted molar refractivity (Wildman–Crippen MR) is 96.3 cm³/mol. The van der Waals surface area contributed by atoms with Gasteiger partial charge in [0, 0.05) is 11.1 Å². The number of benzene rings is 2. The van der Waals surface area contributed by atoms with Gasteiger partial charge in [0.15, 0.2) is 0 Å². The minimum absolute atomic E-state index is 0.431. The molecule has 0 amide bonds. The lowest BCUT2D eigenvalue weighted by molar-refractivity contribution is 0.0273. The third-order valence-electron chi connectivity index (χ3n) is 3.40. The molecular formula is C20H22O6. The molecule has 0 spiro atoms. The molecule has 0 bridgehead atoms. The van der Waals surface area contributed by atoms with Crippen molar-refractivity contribution in [2.75, 3.05) is 39.6 Å². The Morgan fingerprint density at radius 2 is 0.885 bits per heavy atom.